The Balaban J connectivity index is 1.80. The normalized spacial score (nSPS) is 21.4. The van der Waals surface area contributed by atoms with E-state index >= 15 is 0 Å². The van der Waals surface area contributed by atoms with Gasteiger partial charge in [-0.2, -0.15) is 0 Å². The second-order valence-electron chi connectivity index (χ2n) is 6.04. The smallest absolute Gasteiger partial charge is 0.292 e. The minimum Gasteiger partial charge on any atom is -0.381 e. The fraction of sp³-hybridized carbons (Fsp3) is 0.600. The van der Waals surface area contributed by atoms with Crippen molar-refractivity contribution >= 4 is 11.4 Å². The van der Waals surface area contributed by atoms with Crippen molar-refractivity contribution in [3.63, 3.8) is 0 Å². The van der Waals surface area contributed by atoms with Crippen molar-refractivity contribution in [2.24, 2.45) is 5.41 Å². The molecule has 2 saturated heterocycles. The highest BCUT2D eigenvalue weighted by molar-refractivity contribution is 5.64. The minimum absolute atomic E-state index is 0.217. The Labute approximate surface area is 118 Å². The third-order valence-electron chi connectivity index (χ3n) is 4.68. The van der Waals surface area contributed by atoms with Gasteiger partial charge < -0.3 is 9.64 Å². The van der Waals surface area contributed by atoms with Crippen molar-refractivity contribution in [1.82, 2.24) is 0 Å². The quantitative estimate of drug-likeness (QED) is 0.615. The zero-order valence-electron chi connectivity index (χ0n) is 11.8. The Bertz CT molecular complexity index is 514. The van der Waals surface area contributed by atoms with E-state index in [1.807, 2.05) is 13.0 Å². The van der Waals surface area contributed by atoms with Crippen LogP contribution in [0.1, 0.15) is 24.8 Å². The predicted molar refractivity (Wildman–Crippen MR) is 77.1 cm³/mol. The summed E-state index contributed by atoms with van der Waals surface area (Å²) in [6, 6.07) is 5.35. The lowest BCUT2D eigenvalue weighted by Gasteiger charge is -2.39. The van der Waals surface area contributed by atoms with Crippen LogP contribution in [0.25, 0.3) is 0 Å². The molecule has 2 aliphatic heterocycles. The maximum Gasteiger partial charge on any atom is 0.292 e. The molecular weight excluding hydrogens is 256 g/mol. The van der Waals surface area contributed by atoms with Crippen LogP contribution in [0.4, 0.5) is 11.4 Å². The SMILES string of the molecule is Cc1ccc([N+](=O)[O-])c(N2CCC3(CCOC3)CC2)c1. The summed E-state index contributed by atoms with van der Waals surface area (Å²) in [5.74, 6) is 0. The first kappa shape index (κ1) is 13.4. The van der Waals surface area contributed by atoms with Gasteiger partial charge in [0, 0.05) is 25.8 Å². The Morgan fingerprint density at radius 3 is 2.65 bits per heavy atom. The molecule has 5 heteroatoms. The summed E-state index contributed by atoms with van der Waals surface area (Å²) in [7, 11) is 0. The number of ether oxygens (including phenoxy) is 1. The number of rotatable bonds is 2. The molecule has 20 heavy (non-hydrogen) atoms. The maximum absolute atomic E-state index is 11.2. The van der Waals surface area contributed by atoms with Crippen LogP contribution < -0.4 is 4.90 Å². The number of anilines is 1. The number of benzene rings is 1. The van der Waals surface area contributed by atoms with E-state index in [9.17, 15) is 10.1 Å². The maximum atomic E-state index is 11.2. The van der Waals surface area contributed by atoms with Gasteiger partial charge in [-0.05, 0) is 43.2 Å². The lowest BCUT2D eigenvalue weighted by Crippen LogP contribution is -2.40. The Kier molecular flexibility index (Phi) is 3.38. The topological polar surface area (TPSA) is 55.6 Å². The Hall–Kier alpha value is -1.62. The summed E-state index contributed by atoms with van der Waals surface area (Å²) in [6.45, 7) is 5.46. The average Bonchev–Trinajstić information content (AvgIpc) is 2.87. The first-order valence-electron chi connectivity index (χ1n) is 7.17. The van der Waals surface area contributed by atoms with Crippen LogP contribution in [-0.2, 0) is 4.74 Å². The van der Waals surface area contributed by atoms with E-state index in [1.165, 1.54) is 0 Å². The van der Waals surface area contributed by atoms with Crippen LogP contribution in [0, 0.1) is 22.5 Å². The number of nitrogens with zero attached hydrogens (tertiary/aromatic N) is 2. The number of hydrogen-bond acceptors (Lipinski definition) is 4. The van der Waals surface area contributed by atoms with E-state index < -0.39 is 0 Å². The molecule has 0 saturated carbocycles. The highest BCUT2D eigenvalue weighted by Crippen LogP contribution is 2.41. The zero-order valence-corrected chi connectivity index (χ0v) is 11.8. The minimum atomic E-state index is -0.280. The van der Waals surface area contributed by atoms with Gasteiger partial charge in [-0.25, -0.2) is 0 Å². The molecule has 0 amide bonds. The molecule has 5 nitrogen and oxygen atoms in total. The number of nitro benzene ring substituents is 1. The van der Waals surface area contributed by atoms with E-state index in [1.54, 1.807) is 12.1 Å². The van der Waals surface area contributed by atoms with Crippen LogP contribution in [0.3, 0.4) is 0 Å². The standard InChI is InChI=1S/C15H20N2O3/c1-12-2-3-13(17(18)19)14(10-12)16-7-4-15(5-8-16)6-9-20-11-15/h2-3,10H,4-9,11H2,1H3. The lowest BCUT2D eigenvalue weighted by molar-refractivity contribution is -0.384. The van der Waals surface area contributed by atoms with Crippen LogP contribution in [0.5, 0.6) is 0 Å². The molecule has 2 aliphatic rings. The Morgan fingerprint density at radius 2 is 2.05 bits per heavy atom. The van der Waals surface area contributed by atoms with Crippen LogP contribution in [0.2, 0.25) is 0 Å². The number of hydrogen-bond donors (Lipinski definition) is 0. The average molecular weight is 276 g/mol. The monoisotopic (exact) mass is 276 g/mol. The molecule has 108 valence electrons. The number of piperidine rings is 1. The third kappa shape index (κ3) is 2.38. The van der Waals surface area contributed by atoms with E-state index in [-0.39, 0.29) is 10.6 Å². The van der Waals surface area contributed by atoms with Crippen LogP contribution in [-0.4, -0.2) is 31.2 Å². The zero-order chi connectivity index (χ0) is 14.2. The van der Waals surface area contributed by atoms with Crippen LogP contribution >= 0.6 is 0 Å². The van der Waals surface area contributed by atoms with Crippen LogP contribution in [0.15, 0.2) is 18.2 Å². The summed E-state index contributed by atoms with van der Waals surface area (Å²) in [5, 5.41) is 11.2. The fourth-order valence-electron chi connectivity index (χ4n) is 3.31. The molecule has 0 bridgehead atoms. The van der Waals surface area contributed by atoms with E-state index in [2.05, 4.69) is 4.90 Å². The number of nitro groups is 1. The molecular formula is C15H20N2O3. The molecule has 0 aromatic heterocycles. The van der Waals surface area contributed by atoms with Crippen molar-refractivity contribution in [2.75, 3.05) is 31.2 Å². The van der Waals surface area contributed by atoms with E-state index in [0.717, 1.165) is 56.8 Å². The molecule has 0 unspecified atom stereocenters. The van der Waals surface area contributed by atoms with Gasteiger partial charge in [0.15, 0.2) is 0 Å². The molecule has 1 aromatic carbocycles. The van der Waals surface area contributed by atoms with Crippen molar-refractivity contribution in [1.29, 1.82) is 0 Å². The van der Waals surface area contributed by atoms with Gasteiger partial charge in [0.1, 0.15) is 5.69 Å². The highest BCUT2D eigenvalue weighted by Gasteiger charge is 2.38. The van der Waals surface area contributed by atoms with Crippen molar-refractivity contribution < 1.29 is 9.66 Å². The number of aryl methyl sites for hydroxylation is 1. The first-order valence-corrected chi connectivity index (χ1v) is 7.17. The molecule has 0 radical (unpaired) electrons. The molecule has 2 heterocycles. The summed E-state index contributed by atoms with van der Waals surface area (Å²) in [5.41, 5.74) is 2.38. The highest BCUT2D eigenvalue weighted by atomic mass is 16.6. The first-order chi connectivity index (χ1) is 9.60. The molecule has 3 rings (SSSR count). The molecule has 1 aromatic rings. The van der Waals surface area contributed by atoms with E-state index in [0.29, 0.717) is 5.41 Å². The van der Waals surface area contributed by atoms with Gasteiger partial charge in [-0.15, -0.1) is 0 Å². The molecule has 0 atom stereocenters. The second kappa shape index (κ2) is 5.05. The predicted octanol–water partition coefficient (Wildman–Crippen LogP) is 2.91. The third-order valence-corrected chi connectivity index (χ3v) is 4.68. The summed E-state index contributed by atoms with van der Waals surface area (Å²) in [6.07, 6.45) is 3.27. The molecule has 2 fully saturated rings. The fourth-order valence-corrected chi connectivity index (χ4v) is 3.31. The molecule has 0 N–H and O–H groups in total. The van der Waals surface area contributed by atoms with Crippen molar-refractivity contribution in [3.8, 4) is 0 Å². The summed E-state index contributed by atoms with van der Waals surface area (Å²) < 4.78 is 5.53. The lowest BCUT2D eigenvalue weighted by atomic mass is 9.78. The van der Waals surface area contributed by atoms with E-state index in [4.69, 9.17) is 4.74 Å². The summed E-state index contributed by atoms with van der Waals surface area (Å²) >= 11 is 0. The van der Waals surface area contributed by atoms with Gasteiger partial charge in [-0.1, -0.05) is 6.07 Å². The second-order valence-corrected chi connectivity index (χ2v) is 6.04. The molecule has 1 spiro atoms. The summed E-state index contributed by atoms with van der Waals surface area (Å²) in [4.78, 5) is 13.1. The van der Waals surface area contributed by atoms with Gasteiger partial charge in [0.05, 0.1) is 11.5 Å². The van der Waals surface area contributed by atoms with Gasteiger partial charge in [0.2, 0.25) is 0 Å². The van der Waals surface area contributed by atoms with Gasteiger partial charge in [0.25, 0.3) is 5.69 Å². The Morgan fingerprint density at radius 1 is 1.30 bits per heavy atom. The van der Waals surface area contributed by atoms with Gasteiger partial charge >= 0.3 is 0 Å². The van der Waals surface area contributed by atoms with Gasteiger partial charge in [-0.3, -0.25) is 10.1 Å². The van der Waals surface area contributed by atoms with Crippen molar-refractivity contribution in [3.05, 3.63) is 33.9 Å². The largest absolute Gasteiger partial charge is 0.381 e. The molecule has 0 aliphatic carbocycles. The van der Waals surface area contributed by atoms with Crippen molar-refractivity contribution in [2.45, 2.75) is 26.2 Å².